The lowest BCUT2D eigenvalue weighted by molar-refractivity contribution is -0.115. The quantitative estimate of drug-likeness (QED) is 0.911. The Hall–Kier alpha value is -1.92. The first-order valence-corrected chi connectivity index (χ1v) is 8.71. The molecule has 1 atom stereocenters. The van der Waals surface area contributed by atoms with E-state index in [-0.39, 0.29) is 15.6 Å². The van der Waals surface area contributed by atoms with E-state index in [0.29, 0.717) is 5.56 Å². The SMILES string of the molecule is Cc1ccccc1S(=O)(=O)C(C)C(=O)Nc1ccc(F)cc1Cl. The molecule has 0 fully saturated rings. The van der Waals surface area contributed by atoms with Crippen LogP contribution in [0.3, 0.4) is 0 Å². The zero-order chi connectivity index (χ0) is 17.2. The summed E-state index contributed by atoms with van der Waals surface area (Å²) in [6, 6.07) is 9.88. The summed E-state index contributed by atoms with van der Waals surface area (Å²) in [5.41, 5.74) is 0.719. The van der Waals surface area contributed by atoms with Crippen LogP contribution in [0, 0.1) is 12.7 Å². The highest BCUT2D eigenvalue weighted by molar-refractivity contribution is 7.92. The molecule has 2 aromatic carbocycles. The van der Waals surface area contributed by atoms with E-state index in [0.717, 1.165) is 12.1 Å². The first-order valence-electron chi connectivity index (χ1n) is 6.79. The van der Waals surface area contributed by atoms with E-state index in [1.54, 1.807) is 25.1 Å². The summed E-state index contributed by atoms with van der Waals surface area (Å²) in [6.07, 6.45) is 0. The van der Waals surface area contributed by atoms with Gasteiger partial charge in [-0.15, -0.1) is 0 Å². The van der Waals surface area contributed by atoms with Gasteiger partial charge in [-0.2, -0.15) is 0 Å². The number of aryl methyl sites for hydroxylation is 1. The van der Waals surface area contributed by atoms with Crippen molar-refractivity contribution in [3.63, 3.8) is 0 Å². The number of anilines is 1. The molecule has 0 aromatic heterocycles. The van der Waals surface area contributed by atoms with Crippen LogP contribution in [-0.4, -0.2) is 19.6 Å². The predicted molar refractivity (Wildman–Crippen MR) is 87.9 cm³/mol. The molecule has 0 heterocycles. The molecular formula is C16H15ClFNO3S. The molecule has 0 aliphatic rings. The smallest absolute Gasteiger partial charge is 0.242 e. The van der Waals surface area contributed by atoms with E-state index in [2.05, 4.69) is 5.32 Å². The largest absolute Gasteiger partial charge is 0.324 e. The van der Waals surface area contributed by atoms with E-state index in [9.17, 15) is 17.6 Å². The maximum Gasteiger partial charge on any atom is 0.242 e. The van der Waals surface area contributed by atoms with Crippen molar-refractivity contribution in [2.75, 3.05) is 5.32 Å². The van der Waals surface area contributed by atoms with E-state index in [1.807, 2.05) is 0 Å². The number of rotatable bonds is 4. The molecule has 7 heteroatoms. The highest BCUT2D eigenvalue weighted by Crippen LogP contribution is 2.25. The van der Waals surface area contributed by atoms with Crippen molar-refractivity contribution in [2.24, 2.45) is 0 Å². The number of nitrogens with one attached hydrogen (secondary N) is 1. The summed E-state index contributed by atoms with van der Waals surface area (Å²) in [7, 11) is -3.84. The number of hydrogen-bond donors (Lipinski definition) is 1. The molecule has 1 unspecified atom stereocenters. The zero-order valence-corrected chi connectivity index (χ0v) is 14.1. The number of sulfone groups is 1. The second kappa shape index (κ2) is 6.68. The van der Waals surface area contributed by atoms with Crippen LogP contribution in [0.1, 0.15) is 12.5 Å². The van der Waals surface area contributed by atoms with E-state index in [4.69, 9.17) is 11.6 Å². The lowest BCUT2D eigenvalue weighted by atomic mass is 10.2. The van der Waals surface area contributed by atoms with Gasteiger partial charge in [-0.3, -0.25) is 4.79 Å². The Morgan fingerprint density at radius 1 is 1.22 bits per heavy atom. The lowest BCUT2D eigenvalue weighted by Gasteiger charge is -2.15. The van der Waals surface area contributed by atoms with Gasteiger partial charge in [0.05, 0.1) is 15.6 Å². The molecule has 0 saturated carbocycles. The van der Waals surface area contributed by atoms with Crippen molar-refractivity contribution in [2.45, 2.75) is 24.0 Å². The zero-order valence-electron chi connectivity index (χ0n) is 12.5. The highest BCUT2D eigenvalue weighted by atomic mass is 35.5. The Morgan fingerprint density at radius 2 is 1.87 bits per heavy atom. The molecule has 0 aliphatic carbocycles. The van der Waals surface area contributed by atoms with Crippen LogP contribution >= 0.6 is 11.6 Å². The monoisotopic (exact) mass is 355 g/mol. The van der Waals surface area contributed by atoms with Gasteiger partial charge >= 0.3 is 0 Å². The van der Waals surface area contributed by atoms with Crippen LogP contribution in [0.15, 0.2) is 47.4 Å². The van der Waals surface area contributed by atoms with Gasteiger partial charge in [-0.25, -0.2) is 12.8 Å². The molecule has 0 aliphatic heterocycles. The number of carbonyl (C=O) groups is 1. The van der Waals surface area contributed by atoms with Gasteiger partial charge in [0.15, 0.2) is 9.84 Å². The molecule has 4 nitrogen and oxygen atoms in total. The normalized spacial score (nSPS) is 12.7. The minimum atomic E-state index is -3.84. The number of benzene rings is 2. The number of carbonyl (C=O) groups excluding carboxylic acids is 1. The lowest BCUT2D eigenvalue weighted by Crippen LogP contribution is -2.33. The summed E-state index contributed by atoms with van der Waals surface area (Å²) >= 11 is 5.83. The third kappa shape index (κ3) is 3.71. The summed E-state index contributed by atoms with van der Waals surface area (Å²) in [6.45, 7) is 2.96. The molecule has 1 amide bonds. The highest BCUT2D eigenvalue weighted by Gasteiger charge is 2.31. The third-order valence-corrected chi connectivity index (χ3v) is 5.95. The van der Waals surface area contributed by atoms with E-state index in [1.165, 1.54) is 19.1 Å². The molecule has 0 saturated heterocycles. The number of amides is 1. The number of hydrogen-bond acceptors (Lipinski definition) is 3. The second-order valence-corrected chi connectivity index (χ2v) is 7.71. The predicted octanol–water partition coefficient (Wildman–Crippen LogP) is 3.59. The van der Waals surface area contributed by atoms with Crippen molar-refractivity contribution >= 4 is 33.0 Å². The minimum absolute atomic E-state index is 0.00107. The Bertz CT molecular complexity index is 852. The van der Waals surface area contributed by atoms with Crippen LogP contribution in [-0.2, 0) is 14.6 Å². The van der Waals surface area contributed by atoms with Crippen LogP contribution in [0.25, 0.3) is 0 Å². The summed E-state index contributed by atoms with van der Waals surface area (Å²) < 4.78 is 38.1. The maximum atomic E-state index is 13.0. The average molecular weight is 356 g/mol. The maximum absolute atomic E-state index is 13.0. The van der Waals surface area contributed by atoms with Gasteiger partial charge in [-0.1, -0.05) is 29.8 Å². The fourth-order valence-electron chi connectivity index (χ4n) is 2.03. The van der Waals surface area contributed by atoms with Crippen LogP contribution in [0.4, 0.5) is 10.1 Å². The van der Waals surface area contributed by atoms with Gasteiger partial charge in [0.25, 0.3) is 0 Å². The Labute approximate surface area is 139 Å². The molecule has 2 aromatic rings. The topological polar surface area (TPSA) is 63.2 Å². The molecule has 0 bridgehead atoms. The molecule has 2 rings (SSSR count). The van der Waals surface area contributed by atoms with Gasteiger partial charge in [-0.05, 0) is 43.7 Å². The third-order valence-electron chi connectivity index (χ3n) is 3.42. The van der Waals surface area contributed by atoms with Crippen molar-refractivity contribution in [3.05, 3.63) is 58.9 Å². The second-order valence-electron chi connectivity index (χ2n) is 5.07. The molecular weight excluding hydrogens is 341 g/mol. The van der Waals surface area contributed by atoms with Gasteiger partial charge < -0.3 is 5.32 Å². The van der Waals surface area contributed by atoms with Gasteiger partial charge in [0.2, 0.25) is 5.91 Å². The molecule has 0 spiro atoms. The average Bonchev–Trinajstić information content (AvgIpc) is 2.49. The van der Waals surface area contributed by atoms with Crippen molar-refractivity contribution in [1.29, 1.82) is 0 Å². The minimum Gasteiger partial charge on any atom is -0.324 e. The van der Waals surface area contributed by atoms with Crippen LogP contribution in [0.2, 0.25) is 5.02 Å². The Kier molecular flexibility index (Phi) is 5.06. The molecule has 1 N–H and O–H groups in total. The van der Waals surface area contributed by atoms with Crippen molar-refractivity contribution in [3.8, 4) is 0 Å². The van der Waals surface area contributed by atoms with E-state index < -0.39 is 26.8 Å². The number of halogens is 2. The molecule has 23 heavy (non-hydrogen) atoms. The Balaban J connectivity index is 2.27. The van der Waals surface area contributed by atoms with E-state index >= 15 is 0 Å². The summed E-state index contributed by atoms with van der Waals surface area (Å²) in [5.74, 6) is -1.28. The molecule has 122 valence electrons. The van der Waals surface area contributed by atoms with Crippen LogP contribution < -0.4 is 5.32 Å². The van der Waals surface area contributed by atoms with Gasteiger partial charge in [0.1, 0.15) is 11.1 Å². The van der Waals surface area contributed by atoms with Crippen LogP contribution in [0.5, 0.6) is 0 Å². The summed E-state index contributed by atoms with van der Waals surface area (Å²) in [5, 5.41) is 1.10. The fraction of sp³-hybridized carbons (Fsp3) is 0.188. The molecule has 0 radical (unpaired) electrons. The van der Waals surface area contributed by atoms with Gasteiger partial charge in [0, 0.05) is 0 Å². The standard InChI is InChI=1S/C16H15ClFNO3S/c1-10-5-3-4-6-15(10)23(21,22)11(2)16(20)19-14-8-7-12(18)9-13(14)17/h3-9,11H,1-2H3,(H,19,20). The fourth-order valence-corrected chi connectivity index (χ4v) is 3.75. The first kappa shape index (κ1) is 17.4. The van der Waals surface area contributed by atoms with Crippen molar-refractivity contribution < 1.29 is 17.6 Å². The first-order chi connectivity index (χ1) is 10.7. The Morgan fingerprint density at radius 3 is 2.48 bits per heavy atom. The summed E-state index contributed by atoms with van der Waals surface area (Å²) in [4.78, 5) is 12.3. The van der Waals surface area contributed by atoms with Crippen molar-refractivity contribution in [1.82, 2.24) is 0 Å².